The number of halogens is 1. The molecule has 140 valence electrons. The van der Waals surface area contributed by atoms with E-state index in [0.29, 0.717) is 36.1 Å². The first-order chi connectivity index (χ1) is 13.1. The number of carbonyl (C=O) groups excluding carboxylic acids is 1. The number of hydrogen-bond donors (Lipinski definition) is 1. The van der Waals surface area contributed by atoms with E-state index < -0.39 is 0 Å². The van der Waals surface area contributed by atoms with Crippen LogP contribution in [0.15, 0.2) is 48.8 Å². The monoisotopic (exact) mass is 384 g/mol. The van der Waals surface area contributed by atoms with Crippen LogP contribution in [0.25, 0.3) is 11.1 Å². The fraction of sp³-hybridized carbons (Fsp3) is 0.250. The number of benzene rings is 2. The summed E-state index contributed by atoms with van der Waals surface area (Å²) in [4.78, 5) is 12.6. The van der Waals surface area contributed by atoms with Gasteiger partial charge in [0.15, 0.2) is 5.82 Å². The Kier molecular flexibility index (Phi) is 6.21. The molecule has 0 aliphatic carbocycles. The first kappa shape index (κ1) is 19.1. The van der Waals surface area contributed by atoms with Crippen molar-refractivity contribution in [2.24, 2.45) is 0 Å². The molecule has 0 aliphatic heterocycles. The van der Waals surface area contributed by atoms with Gasteiger partial charge in [0.25, 0.3) is 5.91 Å². The number of nitrogens with zero attached hydrogens (tertiary/aromatic N) is 3. The van der Waals surface area contributed by atoms with E-state index in [0.717, 1.165) is 16.7 Å². The summed E-state index contributed by atoms with van der Waals surface area (Å²) in [6.45, 7) is 3.46. The van der Waals surface area contributed by atoms with E-state index in [2.05, 4.69) is 15.5 Å². The molecule has 1 aromatic heterocycles. The zero-order valence-corrected chi connectivity index (χ0v) is 16.0. The molecule has 0 spiro atoms. The number of nitrogens with one attached hydrogen (secondary N) is 1. The van der Waals surface area contributed by atoms with Crippen molar-refractivity contribution >= 4 is 17.5 Å². The smallest absolute Gasteiger partial charge is 0.251 e. The highest BCUT2D eigenvalue weighted by atomic mass is 35.5. The molecular formula is C20H21ClN4O2. The van der Waals surface area contributed by atoms with E-state index in [1.807, 2.05) is 47.9 Å². The summed E-state index contributed by atoms with van der Waals surface area (Å²) in [6, 6.07) is 13.2. The highest BCUT2D eigenvalue weighted by Gasteiger charge is 2.11. The van der Waals surface area contributed by atoms with Crippen molar-refractivity contribution in [3.05, 3.63) is 70.8 Å². The topological polar surface area (TPSA) is 69.0 Å². The lowest BCUT2D eigenvalue weighted by atomic mass is 9.98. The fourth-order valence-electron chi connectivity index (χ4n) is 2.80. The van der Waals surface area contributed by atoms with Gasteiger partial charge < -0.3 is 14.6 Å². The molecule has 2 aromatic carbocycles. The molecule has 0 atom stereocenters. The second kappa shape index (κ2) is 8.79. The maximum atomic E-state index is 12.6. The number of carbonyl (C=O) groups is 1. The number of ether oxygens (including phenoxy) is 1. The van der Waals surface area contributed by atoms with Gasteiger partial charge in [0.1, 0.15) is 6.33 Å². The Labute approximate surface area is 163 Å². The minimum Gasteiger partial charge on any atom is -0.383 e. The van der Waals surface area contributed by atoms with Gasteiger partial charge >= 0.3 is 0 Å². The quantitative estimate of drug-likeness (QED) is 0.677. The highest BCUT2D eigenvalue weighted by molar-refractivity contribution is 6.31. The molecule has 0 fully saturated rings. The standard InChI is InChI=1S/C20H21ClN4O2/c1-14-17(7-4-8-18(14)21)15-5-3-6-16(11-15)20(26)22-12-19-24-23-13-25(19)9-10-27-2/h3-8,11,13H,9-10,12H2,1-2H3,(H,22,26). The van der Waals surface area contributed by atoms with Crippen molar-refractivity contribution in [2.75, 3.05) is 13.7 Å². The van der Waals surface area contributed by atoms with Crippen LogP contribution in [0.2, 0.25) is 5.02 Å². The molecule has 0 radical (unpaired) electrons. The van der Waals surface area contributed by atoms with Crippen molar-refractivity contribution < 1.29 is 9.53 Å². The lowest BCUT2D eigenvalue weighted by Crippen LogP contribution is -2.25. The first-order valence-electron chi connectivity index (χ1n) is 8.59. The summed E-state index contributed by atoms with van der Waals surface area (Å²) in [6.07, 6.45) is 1.63. The normalized spacial score (nSPS) is 10.8. The maximum Gasteiger partial charge on any atom is 0.251 e. The number of amides is 1. The third-order valence-corrected chi connectivity index (χ3v) is 4.75. The van der Waals surface area contributed by atoms with Crippen LogP contribution in [0.3, 0.4) is 0 Å². The van der Waals surface area contributed by atoms with E-state index >= 15 is 0 Å². The largest absolute Gasteiger partial charge is 0.383 e. The molecule has 0 aliphatic rings. The van der Waals surface area contributed by atoms with Gasteiger partial charge in [-0.15, -0.1) is 10.2 Å². The Hall–Kier alpha value is -2.70. The van der Waals surface area contributed by atoms with Crippen molar-refractivity contribution in [1.29, 1.82) is 0 Å². The third-order valence-electron chi connectivity index (χ3n) is 4.34. The number of aromatic nitrogens is 3. The van der Waals surface area contributed by atoms with Gasteiger partial charge in [-0.3, -0.25) is 4.79 Å². The van der Waals surface area contributed by atoms with Crippen LogP contribution in [0.5, 0.6) is 0 Å². The van der Waals surface area contributed by atoms with Gasteiger partial charge in [0, 0.05) is 24.2 Å². The maximum absolute atomic E-state index is 12.6. The van der Waals surface area contributed by atoms with Gasteiger partial charge in [-0.05, 0) is 41.8 Å². The molecule has 1 N–H and O–H groups in total. The van der Waals surface area contributed by atoms with Gasteiger partial charge in [-0.2, -0.15) is 0 Å². The van der Waals surface area contributed by atoms with Crippen LogP contribution in [-0.2, 0) is 17.8 Å². The van der Waals surface area contributed by atoms with E-state index in [1.54, 1.807) is 19.5 Å². The molecule has 27 heavy (non-hydrogen) atoms. The lowest BCUT2D eigenvalue weighted by molar-refractivity contribution is 0.0949. The van der Waals surface area contributed by atoms with E-state index in [4.69, 9.17) is 16.3 Å². The Morgan fingerprint density at radius 1 is 1.26 bits per heavy atom. The average Bonchev–Trinajstić information content (AvgIpc) is 3.14. The zero-order valence-electron chi connectivity index (χ0n) is 15.3. The van der Waals surface area contributed by atoms with Gasteiger partial charge in [0.2, 0.25) is 0 Å². The Balaban J connectivity index is 1.73. The SMILES string of the molecule is COCCn1cnnc1CNC(=O)c1cccc(-c2cccc(Cl)c2C)c1. The minimum absolute atomic E-state index is 0.169. The Bertz CT molecular complexity index is 939. The predicted octanol–water partition coefficient (Wildman–Crippen LogP) is 3.48. The average molecular weight is 385 g/mol. The summed E-state index contributed by atoms with van der Waals surface area (Å²) in [5.74, 6) is 0.514. The second-order valence-electron chi connectivity index (χ2n) is 6.11. The van der Waals surface area contributed by atoms with Crippen LogP contribution in [0, 0.1) is 6.92 Å². The van der Waals surface area contributed by atoms with E-state index in [9.17, 15) is 4.79 Å². The van der Waals surface area contributed by atoms with Gasteiger partial charge in [-0.25, -0.2) is 0 Å². The summed E-state index contributed by atoms with van der Waals surface area (Å²) in [7, 11) is 1.64. The highest BCUT2D eigenvalue weighted by Crippen LogP contribution is 2.28. The number of rotatable bonds is 7. The predicted molar refractivity (Wildman–Crippen MR) is 105 cm³/mol. The molecule has 3 rings (SSSR count). The second-order valence-corrected chi connectivity index (χ2v) is 6.52. The third kappa shape index (κ3) is 4.53. The molecule has 1 amide bonds. The van der Waals surface area contributed by atoms with Crippen LogP contribution in [0.1, 0.15) is 21.7 Å². The van der Waals surface area contributed by atoms with Crippen molar-refractivity contribution in [3.8, 4) is 11.1 Å². The molecule has 0 unspecified atom stereocenters. The summed E-state index contributed by atoms with van der Waals surface area (Å²) in [5.41, 5.74) is 3.53. The van der Waals surface area contributed by atoms with Crippen molar-refractivity contribution in [3.63, 3.8) is 0 Å². The van der Waals surface area contributed by atoms with Crippen LogP contribution >= 0.6 is 11.6 Å². The fourth-order valence-corrected chi connectivity index (χ4v) is 2.98. The molecule has 7 heteroatoms. The summed E-state index contributed by atoms with van der Waals surface area (Å²) < 4.78 is 6.92. The number of methoxy groups -OCH3 is 1. The number of hydrogen-bond acceptors (Lipinski definition) is 4. The molecule has 0 bridgehead atoms. The van der Waals surface area contributed by atoms with Crippen LogP contribution < -0.4 is 5.32 Å². The van der Waals surface area contributed by atoms with Crippen LogP contribution in [-0.4, -0.2) is 34.4 Å². The molecule has 0 saturated carbocycles. The van der Waals surface area contributed by atoms with Gasteiger partial charge in [0.05, 0.1) is 13.2 Å². The molecule has 1 heterocycles. The van der Waals surface area contributed by atoms with E-state index in [-0.39, 0.29) is 5.91 Å². The first-order valence-corrected chi connectivity index (χ1v) is 8.97. The summed E-state index contributed by atoms with van der Waals surface area (Å²) >= 11 is 6.22. The Morgan fingerprint density at radius 3 is 2.89 bits per heavy atom. The lowest BCUT2D eigenvalue weighted by Gasteiger charge is -2.10. The summed E-state index contributed by atoms with van der Waals surface area (Å²) in [5, 5.41) is 11.5. The molecule has 3 aromatic rings. The van der Waals surface area contributed by atoms with Crippen molar-refractivity contribution in [2.45, 2.75) is 20.0 Å². The van der Waals surface area contributed by atoms with Gasteiger partial charge in [-0.1, -0.05) is 35.9 Å². The molecule has 6 nitrogen and oxygen atoms in total. The molecular weight excluding hydrogens is 364 g/mol. The zero-order chi connectivity index (χ0) is 19.2. The van der Waals surface area contributed by atoms with Crippen molar-refractivity contribution in [1.82, 2.24) is 20.1 Å². The van der Waals surface area contributed by atoms with Crippen LogP contribution in [0.4, 0.5) is 0 Å². The molecule has 0 saturated heterocycles. The Morgan fingerprint density at radius 2 is 2.07 bits per heavy atom. The minimum atomic E-state index is -0.169. The van der Waals surface area contributed by atoms with E-state index in [1.165, 1.54) is 0 Å².